The van der Waals surface area contributed by atoms with Crippen LogP contribution in [0.15, 0.2) is 18.2 Å². The van der Waals surface area contributed by atoms with Gasteiger partial charge in [-0.1, -0.05) is 25.8 Å². The molecular weight excluding hydrogens is 298 g/mol. The van der Waals surface area contributed by atoms with Gasteiger partial charge >= 0.3 is 0 Å². The molecule has 23 heavy (non-hydrogen) atoms. The molecule has 0 saturated heterocycles. The maximum Gasteiger partial charge on any atom is 0.290 e. The second-order valence-electron chi connectivity index (χ2n) is 5.85. The largest absolute Gasteiger partial charge is 0.488 e. The summed E-state index contributed by atoms with van der Waals surface area (Å²) in [5.74, 6) is -0.431. The number of benzene rings is 1. The number of rotatable bonds is 8. The fraction of sp³-hybridized carbons (Fsp3) is 0.500. The summed E-state index contributed by atoms with van der Waals surface area (Å²) in [7, 11) is 0. The zero-order chi connectivity index (χ0) is 17.6. The number of nitriles is 1. The average Bonchev–Trinajstić information content (AvgIpc) is 2.50. The number of unbranched alkanes of at least 4 members (excludes halogenated alkanes) is 1. The third kappa shape index (κ3) is 4.19. The third-order valence-electron chi connectivity index (χ3n) is 3.84. The minimum atomic E-state index is -0.966. The van der Waals surface area contributed by atoms with Gasteiger partial charge in [0.25, 0.3) is 5.69 Å². The number of nitrogens with zero attached hydrogens (tertiary/aromatic N) is 2. The first-order valence-corrected chi connectivity index (χ1v) is 7.39. The van der Waals surface area contributed by atoms with Gasteiger partial charge in [-0.2, -0.15) is 5.26 Å². The van der Waals surface area contributed by atoms with Crippen molar-refractivity contribution < 1.29 is 14.5 Å². The van der Waals surface area contributed by atoms with Gasteiger partial charge in [0.1, 0.15) is 17.9 Å². The standard InChI is InChI=1S/C16H21N3O4/c1-4-5-9-14(16(2,3)15(18)20)23-13-8-6-7-12(19(21)22)11(13)10-17/h6-8,14H,4-5,9H2,1-3H3,(H2,18,20). The quantitative estimate of drug-likeness (QED) is 0.583. The lowest BCUT2D eigenvalue weighted by molar-refractivity contribution is -0.385. The summed E-state index contributed by atoms with van der Waals surface area (Å²) in [5, 5.41) is 20.2. The van der Waals surface area contributed by atoms with E-state index in [0.717, 1.165) is 12.8 Å². The molecule has 0 heterocycles. The summed E-state index contributed by atoms with van der Waals surface area (Å²) >= 11 is 0. The molecule has 2 N–H and O–H groups in total. The van der Waals surface area contributed by atoms with Crippen LogP contribution in [0.4, 0.5) is 5.69 Å². The molecule has 1 amide bonds. The van der Waals surface area contributed by atoms with Crippen molar-refractivity contribution in [1.82, 2.24) is 0 Å². The maximum atomic E-state index is 11.7. The molecule has 0 aliphatic heterocycles. The Labute approximate surface area is 135 Å². The van der Waals surface area contributed by atoms with Crippen LogP contribution in [0, 0.1) is 26.9 Å². The molecule has 0 spiro atoms. The first-order chi connectivity index (χ1) is 10.8. The van der Waals surface area contributed by atoms with E-state index in [4.69, 9.17) is 10.5 Å². The minimum Gasteiger partial charge on any atom is -0.488 e. The first kappa shape index (κ1) is 18.4. The molecule has 124 valence electrons. The van der Waals surface area contributed by atoms with Crippen molar-refractivity contribution in [2.45, 2.75) is 46.1 Å². The van der Waals surface area contributed by atoms with Crippen LogP contribution in [0.25, 0.3) is 0 Å². The van der Waals surface area contributed by atoms with Gasteiger partial charge in [-0.15, -0.1) is 0 Å². The van der Waals surface area contributed by atoms with E-state index in [1.165, 1.54) is 18.2 Å². The maximum absolute atomic E-state index is 11.7. The molecule has 0 aliphatic rings. The van der Waals surface area contributed by atoms with Crippen molar-refractivity contribution in [2.24, 2.45) is 11.1 Å². The molecule has 0 aromatic heterocycles. The van der Waals surface area contributed by atoms with Crippen molar-refractivity contribution in [2.75, 3.05) is 0 Å². The number of carbonyl (C=O) groups excluding carboxylic acids is 1. The summed E-state index contributed by atoms with van der Waals surface area (Å²) in [6, 6.07) is 5.98. The van der Waals surface area contributed by atoms with Crippen LogP contribution in [0.5, 0.6) is 5.75 Å². The van der Waals surface area contributed by atoms with Crippen molar-refractivity contribution in [3.8, 4) is 11.8 Å². The zero-order valence-corrected chi connectivity index (χ0v) is 13.5. The highest BCUT2D eigenvalue weighted by molar-refractivity contribution is 5.80. The van der Waals surface area contributed by atoms with Gasteiger partial charge < -0.3 is 10.5 Å². The summed E-state index contributed by atoms with van der Waals surface area (Å²) in [5.41, 5.74) is 4.01. The SMILES string of the molecule is CCCCC(Oc1cccc([N+](=O)[O-])c1C#N)C(C)(C)C(N)=O. The number of ether oxygens (including phenoxy) is 1. The van der Waals surface area contributed by atoms with Crippen molar-refractivity contribution >= 4 is 11.6 Å². The molecule has 1 unspecified atom stereocenters. The van der Waals surface area contributed by atoms with Gasteiger partial charge in [0, 0.05) is 6.07 Å². The number of nitro benzene ring substituents is 1. The van der Waals surface area contributed by atoms with Crippen LogP contribution in [0.1, 0.15) is 45.6 Å². The third-order valence-corrected chi connectivity index (χ3v) is 3.84. The Bertz CT molecular complexity index is 635. The van der Waals surface area contributed by atoms with Crippen molar-refractivity contribution in [3.63, 3.8) is 0 Å². The average molecular weight is 319 g/mol. The molecule has 0 aliphatic carbocycles. The van der Waals surface area contributed by atoms with Crippen LogP contribution in [0.3, 0.4) is 0 Å². The van der Waals surface area contributed by atoms with Crippen LogP contribution >= 0.6 is 0 Å². The van der Waals surface area contributed by atoms with E-state index in [2.05, 4.69) is 0 Å². The summed E-state index contributed by atoms with van der Waals surface area (Å²) in [4.78, 5) is 22.1. The summed E-state index contributed by atoms with van der Waals surface area (Å²) < 4.78 is 5.83. The zero-order valence-electron chi connectivity index (χ0n) is 13.5. The Morgan fingerprint density at radius 2 is 2.17 bits per heavy atom. The molecule has 7 nitrogen and oxygen atoms in total. The fourth-order valence-corrected chi connectivity index (χ4v) is 2.15. The second-order valence-corrected chi connectivity index (χ2v) is 5.85. The number of hydrogen-bond acceptors (Lipinski definition) is 5. The molecule has 0 fully saturated rings. The number of hydrogen-bond donors (Lipinski definition) is 1. The van der Waals surface area contributed by atoms with Crippen LogP contribution < -0.4 is 10.5 Å². The molecule has 0 bridgehead atoms. The van der Waals surface area contributed by atoms with Crippen LogP contribution in [-0.4, -0.2) is 16.9 Å². The lowest BCUT2D eigenvalue weighted by atomic mass is 9.83. The van der Waals surface area contributed by atoms with E-state index in [9.17, 15) is 20.2 Å². The van der Waals surface area contributed by atoms with Gasteiger partial charge in [0.2, 0.25) is 5.91 Å². The normalized spacial score (nSPS) is 12.3. The fourth-order valence-electron chi connectivity index (χ4n) is 2.15. The highest BCUT2D eigenvalue weighted by Gasteiger charge is 2.37. The smallest absolute Gasteiger partial charge is 0.290 e. The predicted octanol–water partition coefficient (Wildman–Crippen LogP) is 2.92. The lowest BCUT2D eigenvalue weighted by Gasteiger charge is -2.32. The first-order valence-electron chi connectivity index (χ1n) is 7.39. The Morgan fingerprint density at radius 3 is 2.65 bits per heavy atom. The van der Waals surface area contributed by atoms with E-state index < -0.39 is 22.3 Å². The highest BCUT2D eigenvalue weighted by atomic mass is 16.6. The second kappa shape index (κ2) is 7.58. The number of nitro groups is 1. The summed E-state index contributed by atoms with van der Waals surface area (Å²) in [6.07, 6.45) is 1.68. The molecule has 0 radical (unpaired) electrons. The Morgan fingerprint density at radius 1 is 1.52 bits per heavy atom. The minimum absolute atomic E-state index is 0.0946. The van der Waals surface area contributed by atoms with Gasteiger partial charge in [-0.3, -0.25) is 14.9 Å². The van der Waals surface area contributed by atoms with E-state index >= 15 is 0 Å². The number of nitrogens with two attached hydrogens (primary N) is 1. The van der Waals surface area contributed by atoms with Crippen LogP contribution in [-0.2, 0) is 4.79 Å². The van der Waals surface area contributed by atoms with Gasteiger partial charge in [0.15, 0.2) is 5.56 Å². The van der Waals surface area contributed by atoms with E-state index in [0.29, 0.717) is 6.42 Å². The van der Waals surface area contributed by atoms with E-state index in [1.807, 2.05) is 6.92 Å². The molecule has 7 heteroatoms. The van der Waals surface area contributed by atoms with Gasteiger partial charge in [-0.25, -0.2) is 0 Å². The predicted molar refractivity (Wildman–Crippen MR) is 84.7 cm³/mol. The molecule has 0 saturated carbocycles. The van der Waals surface area contributed by atoms with Gasteiger partial charge in [-0.05, 0) is 26.3 Å². The monoisotopic (exact) mass is 319 g/mol. The molecular formula is C16H21N3O4. The Kier molecular flexibility index (Phi) is 6.08. The number of primary amides is 1. The molecule has 1 aromatic carbocycles. The van der Waals surface area contributed by atoms with Gasteiger partial charge in [0.05, 0.1) is 10.3 Å². The number of amides is 1. The molecule has 1 rings (SSSR count). The molecule has 1 aromatic rings. The van der Waals surface area contributed by atoms with Crippen LogP contribution in [0.2, 0.25) is 0 Å². The van der Waals surface area contributed by atoms with Crippen molar-refractivity contribution in [3.05, 3.63) is 33.9 Å². The highest BCUT2D eigenvalue weighted by Crippen LogP contribution is 2.33. The number of carbonyl (C=O) groups is 1. The summed E-state index contributed by atoms with van der Waals surface area (Å²) in [6.45, 7) is 5.33. The van der Waals surface area contributed by atoms with E-state index in [-0.39, 0.29) is 17.0 Å². The molecule has 1 atom stereocenters. The Balaban J connectivity index is 3.24. The Hall–Kier alpha value is -2.62. The van der Waals surface area contributed by atoms with E-state index in [1.54, 1.807) is 19.9 Å². The lowest BCUT2D eigenvalue weighted by Crippen LogP contribution is -2.45. The topological polar surface area (TPSA) is 119 Å². The van der Waals surface area contributed by atoms with Crippen molar-refractivity contribution in [1.29, 1.82) is 5.26 Å².